The second-order valence-corrected chi connectivity index (χ2v) is 4.91. The van der Waals surface area contributed by atoms with E-state index >= 15 is 0 Å². The molecule has 0 unspecified atom stereocenters. The van der Waals surface area contributed by atoms with Gasteiger partial charge in [0.2, 0.25) is 0 Å². The zero-order valence-corrected chi connectivity index (χ0v) is 10.7. The summed E-state index contributed by atoms with van der Waals surface area (Å²) in [7, 11) is 3.92. The molecule has 0 aliphatic heterocycles. The molecule has 88 valence electrons. The number of halogens is 1. The highest BCUT2D eigenvalue weighted by atomic mass is 35.5. The minimum Gasteiger partial charge on any atom is -0.478 e. The normalized spacial score (nSPS) is 10.8. The van der Waals surface area contributed by atoms with Gasteiger partial charge in [-0.15, -0.1) is 11.8 Å². The highest BCUT2D eigenvalue weighted by Gasteiger charge is 2.12. The monoisotopic (exact) mass is 260 g/mol. The summed E-state index contributed by atoms with van der Waals surface area (Å²) in [5.74, 6) is -0.197. The fourth-order valence-corrected chi connectivity index (χ4v) is 2.34. The summed E-state index contributed by atoms with van der Waals surface area (Å²) < 4.78 is 0. The van der Waals surface area contributed by atoms with E-state index in [2.05, 4.69) is 4.98 Å². The van der Waals surface area contributed by atoms with Crippen molar-refractivity contribution in [3.05, 3.63) is 22.8 Å². The van der Waals surface area contributed by atoms with E-state index in [-0.39, 0.29) is 5.56 Å². The van der Waals surface area contributed by atoms with Crippen molar-refractivity contribution in [2.45, 2.75) is 5.03 Å². The Labute approximate surface area is 104 Å². The maximum atomic E-state index is 10.9. The van der Waals surface area contributed by atoms with Crippen LogP contribution in [-0.2, 0) is 0 Å². The lowest BCUT2D eigenvalue weighted by Gasteiger charge is -2.09. The summed E-state index contributed by atoms with van der Waals surface area (Å²) in [6, 6.07) is 2.97. The van der Waals surface area contributed by atoms with E-state index in [1.165, 1.54) is 23.9 Å². The number of thioether (sulfide) groups is 1. The van der Waals surface area contributed by atoms with Crippen molar-refractivity contribution in [3.8, 4) is 0 Å². The first-order valence-electron chi connectivity index (χ1n) is 4.68. The molecule has 1 heterocycles. The number of hydrogen-bond donors (Lipinski definition) is 1. The Kier molecular flexibility index (Phi) is 5.05. The van der Waals surface area contributed by atoms with E-state index in [9.17, 15) is 4.79 Å². The lowest BCUT2D eigenvalue weighted by Crippen LogP contribution is -2.15. The largest absolute Gasteiger partial charge is 0.478 e. The first-order chi connectivity index (χ1) is 7.50. The van der Waals surface area contributed by atoms with Crippen molar-refractivity contribution < 1.29 is 9.90 Å². The molecule has 1 aromatic rings. The van der Waals surface area contributed by atoms with Gasteiger partial charge in [-0.1, -0.05) is 11.6 Å². The van der Waals surface area contributed by atoms with E-state index in [1.54, 1.807) is 0 Å². The maximum absolute atomic E-state index is 10.9. The first kappa shape index (κ1) is 13.3. The van der Waals surface area contributed by atoms with Crippen molar-refractivity contribution in [2.24, 2.45) is 0 Å². The van der Waals surface area contributed by atoms with Crippen LogP contribution < -0.4 is 0 Å². The number of aromatic nitrogens is 1. The standard InChI is InChI=1S/C10H13ClN2O2S/c1-13(2)5-6-16-9-7(10(14)15)3-4-8(11)12-9/h3-4H,5-6H2,1-2H3,(H,14,15). The lowest BCUT2D eigenvalue weighted by atomic mass is 10.3. The van der Waals surface area contributed by atoms with Crippen LogP contribution >= 0.6 is 23.4 Å². The molecule has 6 heteroatoms. The van der Waals surface area contributed by atoms with Crippen LogP contribution in [0.3, 0.4) is 0 Å². The van der Waals surface area contributed by atoms with Crippen molar-refractivity contribution >= 4 is 29.3 Å². The zero-order valence-electron chi connectivity index (χ0n) is 9.11. The van der Waals surface area contributed by atoms with Gasteiger partial charge in [-0.2, -0.15) is 0 Å². The van der Waals surface area contributed by atoms with E-state index in [0.717, 1.165) is 12.3 Å². The number of nitrogens with zero attached hydrogens (tertiary/aromatic N) is 2. The second kappa shape index (κ2) is 6.08. The maximum Gasteiger partial charge on any atom is 0.338 e. The van der Waals surface area contributed by atoms with Gasteiger partial charge in [-0.25, -0.2) is 9.78 Å². The number of rotatable bonds is 5. The van der Waals surface area contributed by atoms with Crippen LogP contribution in [0.5, 0.6) is 0 Å². The third-order valence-corrected chi connectivity index (χ3v) is 3.02. The van der Waals surface area contributed by atoms with Gasteiger partial charge >= 0.3 is 5.97 Å². The summed E-state index contributed by atoms with van der Waals surface area (Å²) in [6.07, 6.45) is 0. The molecule has 0 saturated carbocycles. The lowest BCUT2D eigenvalue weighted by molar-refractivity contribution is 0.0692. The van der Waals surface area contributed by atoms with E-state index in [0.29, 0.717) is 10.2 Å². The van der Waals surface area contributed by atoms with Crippen molar-refractivity contribution in [2.75, 3.05) is 26.4 Å². The van der Waals surface area contributed by atoms with E-state index in [4.69, 9.17) is 16.7 Å². The summed E-state index contributed by atoms with van der Waals surface area (Å²) >= 11 is 7.13. The van der Waals surface area contributed by atoms with Gasteiger partial charge in [0.15, 0.2) is 0 Å². The average Bonchev–Trinajstić information content (AvgIpc) is 2.16. The molecule has 0 bridgehead atoms. The van der Waals surface area contributed by atoms with Gasteiger partial charge in [0.1, 0.15) is 10.2 Å². The summed E-state index contributed by atoms with van der Waals surface area (Å²) in [5, 5.41) is 9.75. The zero-order chi connectivity index (χ0) is 12.1. The molecule has 0 saturated heterocycles. The topological polar surface area (TPSA) is 53.4 Å². The van der Waals surface area contributed by atoms with Gasteiger partial charge in [0, 0.05) is 12.3 Å². The molecule has 0 atom stereocenters. The molecular formula is C10H13ClN2O2S. The first-order valence-corrected chi connectivity index (χ1v) is 6.04. The predicted molar refractivity (Wildman–Crippen MR) is 65.5 cm³/mol. The highest BCUT2D eigenvalue weighted by molar-refractivity contribution is 7.99. The molecule has 0 aliphatic carbocycles. The molecular weight excluding hydrogens is 248 g/mol. The molecule has 0 amide bonds. The minimum absolute atomic E-state index is 0.202. The van der Waals surface area contributed by atoms with Gasteiger partial charge in [0.05, 0.1) is 5.56 Å². The molecule has 0 aromatic carbocycles. The highest BCUT2D eigenvalue weighted by Crippen LogP contribution is 2.22. The molecule has 1 N–H and O–H groups in total. The van der Waals surface area contributed by atoms with Gasteiger partial charge in [-0.3, -0.25) is 0 Å². The van der Waals surface area contributed by atoms with E-state index < -0.39 is 5.97 Å². The van der Waals surface area contributed by atoms with Crippen LogP contribution in [0.4, 0.5) is 0 Å². The Morgan fingerprint density at radius 3 is 2.81 bits per heavy atom. The fourth-order valence-electron chi connectivity index (χ4n) is 1.02. The molecule has 1 rings (SSSR count). The Morgan fingerprint density at radius 2 is 2.25 bits per heavy atom. The number of carboxylic acid groups (broad SMARTS) is 1. The van der Waals surface area contributed by atoms with Crippen molar-refractivity contribution in [3.63, 3.8) is 0 Å². The number of carboxylic acids is 1. The third-order valence-electron chi connectivity index (χ3n) is 1.83. The minimum atomic E-state index is -0.975. The number of pyridine rings is 1. The van der Waals surface area contributed by atoms with Crippen molar-refractivity contribution in [1.29, 1.82) is 0 Å². The molecule has 4 nitrogen and oxygen atoms in total. The van der Waals surface area contributed by atoms with Crippen LogP contribution in [0.15, 0.2) is 17.2 Å². The van der Waals surface area contributed by atoms with Gasteiger partial charge < -0.3 is 10.0 Å². The molecule has 1 aromatic heterocycles. The fraction of sp³-hybridized carbons (Fsp3) is 0.400. The molecule has 0 spiro atoms. The van der Waals surface area contributed by atoms with E-state index in [1.807, 2.05) is 19.0 Å². The van der Waals surface area contributed by atoms with Crippen LogP contribution in [0.25, 0.3) is 0 Å². The predicted octanol–water partition coefficient (Wildman–Crippen LogP) is 2.09. The Hall–Kier alpha value is -0.780. The Morgan fingerprint density at radius 1 is 1.56 bits per heavy atom. The number of aromatic carboxylic acids is 1. The van der Waals surface area contributed by atoms with Crippen LogP contribution in [0, 0.1) is 0 Å². The SMILES string of the molecule is CN(C)CCSc1nc(Cl)ccc1C(=O)O. The average molecular weight is 261 g/mol. The van der Waals surface area contributed by atoms with Crippen molar-refractivity contribution in [1.82, 2.24) is 9.88 Å². The van der Waals surface area contributed by atoms with Crippen LogP contribution in [-0.4, -0.2) is 47.4 Å². The molecule has 0 radical (unpaired) electrons. The van der Waals surface area contributed by atoms with Crippen LogP contribution in [0.2, 0.25) is 5.15 Å². The smallest absolute Gasteiger partial charge is 0.338 e. The van der Waals surface area contributed by atoms with Crippen LogP contribution in [0.1, 0.15) is 10.4 Å². The molecule has 0 aliphatic rings. The Bertz CT molecular complexity index is 385. The second-order valence-electron chi connectivity index (χ2n) is 3.44. The molecule has 0 fully saturated rings. The Balaban J connectivity index is 2.76. The quantitative estimate of drug-likeness (QED) is 0.649. The molecule has 16 heavy (non-hydrogen) atoms. The summed E-state index contributed by atoms with van der Waals surface area (Å²) in [6.45, 7) is 0.859. The summed E-state index contributed by atoms with van der Waals surface area (Å²) in [4.78, 5) is 17.0. The number of carbonyl (C=O) groups is 1. The summed E-state index contributed by atoms with van der Waals surface area (Å²) in [5.41, 5.74) is 0.202. The third kappa shape index (κ3) is 4.00. The number of hydrogen-bond acceptors (Lipinski definition) is 4. The van der Waals surface area contributed by atoms with Gasteiger partial charge in [-0.05, 0) is 26.2 Å². The van der Waals surface area contributed by atoms with Gasteiger partial charge in [0.25, 0.3) is 0 Å².